The Kier molecular flexibility index (Phi) is 3.38. The summed E-state index contributed by atoms with van der Waals surface area (Å²) >= 11 is 1.84. The van der Waals surface area contributed by atoms with E-state index in [-0.39, 0.29) is 0 Å². The summed E-state index contributed by atoms with van der Waals surface area (Å²) in [6.45, 7) is 3.00. The number of phenolic OH excluding ortho intramolecular Hbond substituents is 1. The van der Waals surface area contributed by atoms with Crippen molar-refractivity contribution in [3.63, 3.8) is 0 Å². The fraction of sp³-hybridized carbons (Fsp3) is 0.455. The Morgan fingerprint density at radius 3 is 3.13 bits per heavy atom. The molecule has 3 nitrogen and oxygen atoms in total. The van der Waals surface area contributed by atoms with E-state index in [0.29, 0.717) is 11.1 Å². The molecule has 1 aliphatic heterocycles. The van der Waals surface area contributed by atoms with Gasteiger partial charge in [0.2, 0.25) is 0 Å². The summed E-state index contributed by atoms with van der Waals surface area (Å²) in [4.78, 5) is 2.33. The predicted octanol–water partition coefficient (Wildman–Crippen LogP) is 1.49. The van der Waals surface area contributed by atoms with Gasteiger partial charge in [-0.25, -0.2) is 0 Å². The van der Waals surface area contributed by atoms with Crippen LogP contribution in [0, 0.1) is 0 Å². The van der Waals surface area contributed by atoms with E-state index in [0.717, 1.165) is 25.3 Å². The van der Waals surface area contributed by atoms with Gasteiger partial charge in [-0.15, -0.1) is 11.8 Å². The molecule has 1 atom stereocenters. The van der Waals surface area contributed by atoms with Gasteiger partial charge in [0, 0.05) is 31.4 Å². The Labute approximate surface area is 94.5 Å². The van der Waals surface area contributed by atoms with Crippen LogP contribution in [0.3, 0.4) is 0 Å². The van der Waals surface area contributed by atoms with Crippen LogP contribution in [-0.4, -0.2) is 36.4 Å². The highest BCUT2D eigenvalue weighted by Crippen LogP contribution is 2.26. The molecule has 82 valence electrons. The van der Waals surface area contributed by atoms with E-state index in [2.05, 4.69) is 16.5 Å². The van der Waals surface area contributed by atoms with Crippen molar-refractivity contribution in [1.82, 2.24) is 5.32 Å². The van der Waals surface area contributed by atoms with Gasteiger partial charge in [0.05, 0.1) is 5.37 Å². The molecule has 1 unspecified atom stereocenters. The number of nitrogens with zero attached hydrogens (tertiary/aromatic N) is 1. The third kappa shape index (κ3) is 2.38. The maximum Gasteiger partial charge on any atom is 0.117 e. The highest BCUT2D eigenvalue weighted by molar-refractivity contribution is 7.99. The Hall–Kier alpha value is -0.870. The van der Waals surface area contributed by atoms with Gasteiger partial charge in [-0.3, -0.25) is 0 Å². The lowest BCUT2D eigenvalue weighted by Crippen LogP contribution is -2.49. The molecule has 0 amide bonds. The molecule has 15 heavy (non-hydrogen) atoms. The highest BCUT2D eigenvalue weighted by Gasteiger charge is 2.21. The van der Waals surface area contributed by atoms with Crippen molar-refractivity contribution in [3.05, 3.63) is 24.3 Å². The first kappa shape index (κ1) is 10.6. The summed E-state index contributed by atoms with van der Waals surface area (Å²) in [7, 11) is 0. The van der Waals surface area contributed by atoms with E-state index in [1.54, 1.807) is 6.07 Å². The number of phenols is 1. The summed E-state index contributed by atoms with van der Waals surface area (Å²) in [5.74, 6) is 0.339. The number of nitrogens with one attached hydrogen (secondary N) is 1. The lowest BCUT2D eigenvalue weighted by molar-refractivity contribution is 0.474. The van der Waals surface area contributed by atoms with E-state index in [1.165, 1.54) is 0 Å². The maximum atomic E-state index is 9.45. The number of benzene rings is 1. The molecule has 1 aliphatic rings. The first-order valence-corrected chi connectivity index (χ1v) is 6.39. The molecule has 1 fully saturated rings. The predicted molar refractivity (Wildman–Crippen MR) is 65.6 cm³/mol. The molecule has 1 saturated heterocycles. The maximum absolute atomic E-state index is 9.45. The molecule has 0 saturated carbocycles. The van der Waals surface area contributed by atoms with Gasteiger partial charge >= 0.3 is 0 Å². The van der Waals surface area contributed by atoms with Crippen LogP contribution in [0.5, 0.6) is 5.75 Å². The van der Waals surface area contributed by atoms with Crippen molar-refractivity contribution >= 4 is 17.4 Å². The van der Waals surface area contributed by atoms with Crippen LogP contribution in [0.15, 0.2) is 24.3 Å². The van der Waals surface area contributed by atoms with E-state index in [9.17, 15) is 5.11 Å². The summed E-state index contributed by atoms with van der Waals surface area (Å²) in [5.41, 5.74) is 1.11. The summed E-state index contributed by atoms with van der Waals surface area (Å²) < 4.78 is 0. The second-order valence-electron chi connectivity index (χ2n) is 3.61. The zero-order valence-electron chi connectivity index (χ0n) is 8.81. The van der Waals surface area contributed by atoms with Crippen LogP contribution < -0.4 is 10.2 Å². The number of thioether (sulfide) groups is 1. The number of hydrogen-bond donors (Lipinski definition) is 2. The largest absolute Gasteiger partial charge is 0.508 e. The number of rotatable bonds is 2. The number of anilines is 1. The second kappa shape index (κ2) is 4.77. The molecule has 0 radical (unpaired) electrons. The number of piperazine rings is 1. The van der Waals surface area contributed by atoms with Crippen LogP contribution in [0.4, 0.5) is 5.69 Å². The standard InChI is InChI=1S/C11H16N2OS/c1-15-11-8-12-5-6-13(11)9-3-2-4-10(14)7-9/h2-4,7,11-12,14H,5-6,8H2,1H3. The normalized spacial score (nSPS) is 21.7. The minimum absolute atomic E-state index is 0.339. The molecule has 0 spiro atoms. The summed E-state index contributed by atoms with van der Waals surface area (Å²) in [6, 6.07) is 7.48. The van der Waals surface area contributed by atoms with Gasteiger partial charge in [-0.05, 0) is 18.4 Å². The Morgan fingerprint density at radius 1 is 1.53 bits per heavy atom. The average molecular weight is 224 g/mol. The molecule has 1 aromatic carbocycles. The third-order valence-corrected chi connectivity index (χ3v) is 3.59. The lowest BCUT2D eigenvalue weighted by Gasteiger charge is -2.36. The van der Waals surface area contributed by atoms with Crippen molar-refractivity contribution in [2.45, 2.75) is 5.37 Å². The van der Waals surface area contributed by atoms with Crippen LogP contribution in [0.2, 0.25) is 0 Å². The zero-order valence-corrected chi connectivity index (χ0v) is 9.63. The molecule has 2 rings (SSSR count). The molecule has 1 aromatic rings. The fourth-order valence-electron chi connectivity index (χ4n) is 1.86. The number of hydrogen-bond acceptors (Lipinski definition) is 4. The molecular formula is C11H16N2OS. The second-order valence-corrected chi connectivity index (χ2v) is 4.62. The Morgan fingerprint density at radius 2 is 2.40 bits per heavy atom. The summed E-state index contributed by atoms with van der Waals surface area (Å²) in [5, 5.41) is 13.3. The molecule has 2 N–H and O–H groups in total. The van der Waals surface area contributed by atoms with Gasteiger partial charge in [0.25, 0.3) is 0 Å². The van der Waals surface area contributed by atoms with E-state index in [4.69, 9.17) is 0 Å². The van der Waals surface area contributed by atoms with Crippen LogP contribution in [-0.2, 0) is 0 Å². The van der Waals surface area contributed by atoms with Crippen molar-refractivity contribution in [1.29, 1.82) is 0 Å². The topological polar surface area (TPSA) is 35.5 Å². The van der Waals surface area contributed by atoms with Crippen molar-refractivity contribution in [3.8, 4) is 5.75 Å². The molecule has 0 bridgehead atoms. The molecule has 1 heterocycles. The van der Waals surface area contributed by atoms with Gasteiger partial charge in [-0.1, -0.05) is 6.07 Å². The van der Waals surface area contributed by atoms with Crippen molar-refractivity contribution in [2.24, 2.45) is 0 Å². The van der Waals surface area contributed by atoms with Gasteiger partial charge in [-0.2, -0.15) is 0 Å². The monoisotopic (exact) mass is 224 g/mol. The lowest BCUT2D eigenvalue weighted by atomic mass is 10.2. The smallest absolute Gasteiger partial charge is 0.117 e. The minimum Gasteiger partial charge on any atom is -0.508 e. The van der Waals surface area contributed by atoms with Crippen molar-refractivity contribution in [2.75, 3.05) is 30.8 Å². The van der Waals surface area contributed by atoms with Crippen LogP contribution in [0.1, 0.15) is 0 Å². The zero-order chi connectivity index (χ0) is 10.7. The molecule has 0 aliphatic carbocycles. The minimum atomic E-state index is 0.339. The quantitative estimate of drug-likeness (QED) is 0.798. The van der Waals surface area contributed by atoms with E-state index < -0.39 is 0 Å². The van der Waals surface area contributed by atoms with Crippen molar-refractivity contribution < 1.29 is 5.11 Å². The van der Waals surface area contributed by atoms with E-state index >= 15 is 0 Å². The highest BCUT2D eigenvalue weighted by atomic mass is 32.2. The summed E-state index contributed by atoms with van der Waals surface area (Å²) in [6.07, 6.45) is 2.12. The number of aromatic hydroxyl groups is 1. The molecule has 0 aromatic heterocycles. The Balaban J connectivity index is 2.20. The first-order chi connectivity index (χ1) is 7.31. The third-order valence-electron chi connectivity index (χ3n) is 2.63. The fourth-order valence-corrected chi connectivity index (χ4v) is 2.62. The van der Waals surface area contributed by atoms with Crippen LogP contribution in [0.25, 0.3) is 0 Å². The average Bonchev–Trinajstić information content (AvgIpc) is 2.29. The van der Waals surface area contributed by atoms with Gasteiger partial charge in [0.1, 0.15) is 5.75 Å². The SMILES string of the molecule is CSC1CNCCN1c1cccc(O)c1. The first-order valence-electron chi connectivity index (χ1n) is 5.10. The van der Waals surface area contributed by atoms with Crippen LogP contribution >= 0.6 is 11.8 Å². The van der Waals surface area contributed by atoms with E-state index in [1.807, 2.05) is 30.0 Å². The Bertz CT molecular complexity index is 332. The molecule has 4 heteroatoms. The van der Waals surface area contributed by atoms with Gasteiger partial charge in [0.15, 0.2) is 0 Å². The molecular weight excluding hydrogens is 208 g/mol. The van der Waals surface area contributed by atoms with Gasteiger partial charge < -0.3 is 15.3 Å².